The summed E-state index contributed by atoms with van der Waals surface area (Å²) in [7, 11) is 0. The van der Waals surface area contributed by atoms with E-state index < -0.39 is 0 Å². The van der Waals surface area contributed by atoms with Crippen molar-refractivity contribution in [1.29, 1.82) is 0 Å². The first-order valence-corrected chi connectivity index (χ1v) is 11.7. The van der Waals surface area contributed by atoms with Gasteiger partial charge in [-0.15, -0.1) is 0 Å². The van der Waals surface area contributed by atoms with Gasteiger partial charge in [0.05, 0.1) is 5.52 Å². The van der Waals surface area contributed by atoms with E-state index in [-0.39, 0.29) is 11.8 Å². The lowest BCUT2D eigenvalue weighted by atomic mass is 9.89. The molecule has 0 unspecified atom stereocenters. The van der Waals surface area contributed by atoms with Gasteiger partial charge in [0.15, 0.2) is 0 Å². The molecule has 32 heavy (non-hydrogen) atoms. The monoisotopic (exact) mass is 427 g/mol. The molecule has 0 atom stereocenters. The number of aromatic nitrogens is 1. The molecular weight excluding hydrogens is 398 g/mol. The van der Waals surface area contributed by atoms with Crippen molar-refractivity contribution in [2.24, 2.45) is 5.92 Å². The van der Waals surface area contributed by atoms with Gasteiger partial charge in [-0.3, -0.25) is 9.59 Å². The summed E-state index contributed by atoms with van der Waals surface area (Å²) < 4.78 is 0. The third kappa shape index (κ3) is 4.38. The summed E-state index contributed by atoms with van der Waals surface area (Å²) in [5, 5.41) is 1.05. The molecule has 2 aliphatic rings. The molecule has 0 N–H and O–H groups in total. The van der Waals surface area contributed by atoms with E-state index in [0.29, 0.717) is 11.6 Å². The van der Waals surface area contributed by atoms with Gasteiger partial charge in [-0.2, -0.15) is 0 Å². The van der Waals surface area contributed by atoms with Gasteiger partial charge < -0.3 is 9.80 Å². The molecular formula is C27H29N3O2. The van der Waals surface area contributed by atoms with Crippen molar-refractivity contribution in [1.82, 2.24) is 14.8 Å². The predicted octanol–water partition coefficient (Wildman–Crippen LogP) is 4.57. The first-order chi connectivity index (χ1) is 15.7. The zero-order valence-electron chi connectivity index (χ0n) is 18.4. The van der Waals surface area contributed by atoms with Crippen LogP contribution in [-0.2, 0) is 6.42 Å². The molecule has 3 heterocycles. The van der Waals surface area contributed by atoms with E-state index in [1.807, 2.05) is 58.3 Å². The normalized spacial score (nSPS) is 17.1. The van der Waals surface area contributed by atoms with E-state index in [9.17, 15) is 9.59 Å². The standard InChI is InChI=1S/C27H29N3O2/c31-26(29-15-3-4-16-29)23-9-7-20(8-10-23)19-21-13-17-30(18-14-21)27(32)25-12-11-22-5-1-2-6-24(22)28-25/h1-2,5-12,21H,3-4,13-19H2. The maximum Gasteiger partial charge on any atom is 0.272 e. The van der Waals surface area contributed by atoms with Gasteiger partial charge in [0.25, 0.3) is 11.8 Å². The second-order valence-corrected chi connectivity index (χ2v) is 9.03. The SMILES string of the molecule is O=C(c1ccc(CC2CCN(C(=O)c3ccc4ccccc4n3)CC2)cc1)N1CCCC1. The number of likely N-dealkylation sites (tertiary alicyclic amines) is 2. The van der Waals surface area contributed by atoms with E-state index in [1.165, 1.54) is 5.56 Å². The van der Waals surface area contributed by atoms with Crippen LogP contribution in [0.3, 0.4) is 0 Å². The summed E-state index contributed by atoms with van der Waals surface area (Å²) in [6, 6.07) is 19.8. The van der Waals surface area contributed by atoms with Gasteiger partial charge in [0.2, 0.25) is 0 Å². The molecule has 2 fully saturated rings. The third-order valence-electron chi connectivity index (χ3n) is 6.84. The first kappa shape index (κ1) is 20.7. The number of pyridine rings is 1. The van der Waals surface area contributed by atoms with Crippen LogP contribution in [0.15, 0.2) is 60.7 Å². The summed E-state index contributed by atoms with van der Waals surface area (Å²) in [6.45, 7) is 3.30. The Balaban J connectivity index is 1.16. The molecule has 0 saturated carbocycles. The first-order valence-electron chi connectivity index (χ1n) is 11.7. The van der Waals surface area contributed by atoms with E-state index in [0.717, 1.165) is 74.7 Å². The van der Waals surface area contributed by atoms with Crippen LogP contribution in [0.4, 0.5) is 0 Å². The van der Waals surface area contributed by atoms with Crippen LogP contribution < -0.4 is 0 Å². The largest absolute Gasteiger partial charge is 0.339 e. The van der Waals surface area contributed by atoms with Crippen molar-refractivity contribution in [2.45, 2.75) is 32.1 Å². The van der Waals surface area contributed by atoms with Crippen LogP contribution in [-0.4, -0.2) is 52.8 Å². The highest BCUT2D eigenvalue weighted by Crippen LogP contribution is 2.24. The molecule has 2 amide bonds. The van der Waals surface area contributed by atoms with Crippen molar-refractivity contribution in [3.05, 3.63) is 77.5 Å². The quantitative estimate of drug-likeness (QED) is 0.613. The van der Waals surface area contributed by atoms with E-state index in [4.69, 9.17) is 0 Å². The lowest BCUT2D eigenvalue weighted by Gasteiger charge is -2.32. The fourth-order valence-electron chi connectivity index (χ4n) is 4.91. The van der Waals surface area contributed by atoms with Crippen molar-refractivity contribution in [3.63, 3.8) is 0 Å². The number of hydrogen-bond donors (Lipinski definition) is 0. The van der Waals surface area contributed by atoms with Gasteiger partial charge in [0, 0.05) is 37.1 Å². The van der Waals surface area contributed by atoms with Gasteiger partial charge in [0.1, 0.15) is 5.69 Å². The number of piperidine rings is 1. The molecule has 3 aromatic rings. The van der Waals surface area contributed by atoms with Gasteiger partial charge in [-0.25, -0.2) is 4.98 Å². The molecule has 2 saturated heterocycles. The van der Waals surface area contributed by atoms with Crippen molar-refractivity contribution in [3.8, 4) is 0 Å². The lowest BCUT2D eigenvalue weighted by molar-refractivity contribution is 0.0684. The zero-order valence-corrected chi connectivity index (χ0v) is 18.4. The van der Waals surface area contributed by atoms with E-state index in [2.05, 4.69) is 17.1 Å². The number of para-hydroxylation sites is 1. The third-order valence-corrected chi connectivity index (χ3v) is 6.84. The smallest absolute Gasteiger partial charge is 0.272 e. The fourth-order valence-corrected chi connectivity index (χ4v) is 4.91. The molecule has 0 aliphatic carbocycles. The number of rotatable bonds is 4. The van der Waals surface area contributed by atoms with Crippen LogP contribution in [0, 0.1) is 5.92 Å². The molecule has 5 rings (SSSR count). The Bertz CT molecular complexity index is 1110. The summed E-state index contributed by atoms with van der Waals surface area (Å²) in [4.78, 5) is 33.9. The number of benzene rings is 2. The molecule has 5 nitrogen and oxygen atoms in total. The Labute approximate surface area is 189 Å². The number of hydrogen-bond acceptors (Lipinski definition) is 3. The van der Waals surface area contributed by atoms with Crippen molar-refractivity contribution < 1.29 is 9.59 Å². The highest BCUT2D eigenvalue weighted by atomic mass is 16.2. The van der Waals surface area contributed by atoms with Gasteiger partial charge >= 0.3 is 0 Å². The Morgan fingerprint density at radius 1 is 0.781 bits per heavy atom. The van der Waals surface area contributed by atoms with Crippen LogP contribution >= 0.6 is 0 Å². The molecule has 1 aromatic heterocycles. The van der Waals surface area contributed by atoms with Gasteiger partial charge in [-0.1, -0.05) is 36.4 Å². The lowest BCUT2D eigenvalue weighted by Crippen LogP contribution is -2.39. The summed E-state index contributed by atoms with van der Waals surface area (Å²) >= 11 is 0. The molecule has 164 valence electrons. The predicted molar refractivity (Wildman–Crippen MR) is 126 cm³/mol. The topological polar surface area (TPSA) is 53.5 Å². The maximum atomic E-state index is 12.9. The van der Waals surface area contributed by atoms with Crippen molar-refractivity contribution >= 4 is 22.7 Å². The molecule has 2 aliphatic heterocycles. The zero-order chi connectivity index (χ0) is 21.9. The Morgan fingerprint density at radius 2 is 1.47 bits per heavy atom. The average Bonchev–Trinajstić information content (AvgIpc) is 3.39. The number of nitrogens with zero attached hydrogens (tertiary/aromatic N) is 3. The summed E-state index contributed by atoms with van der Waals surface area (Å²) in [6.07, 6.45) is 5.21. The summed E-state index contributed by atoms with van der Waals surface area (Å²) in [5.74, 6) is 0.742. The highest BCUT2D eigenvalue weighted by molar-refractivity contribution is 5.95. The number of carbonyl (C=O) groups is 2. The number of amides is 2. The van der Waals surface area contributed by atoms with Crippen LogP contribution in [0.25, 0.3) is 10.9 Å². The van der Waals surface area contributed by atoms with Gasteiger partial charge in [-0.05, 0) is 67.9 Å². The molecule has 0 spiro atoms. The minimum Gasteiger partial charge on any atom is -0.339 e. The average molecular weight is 428 g/mol. The minimum atomic E-state index is 0.0268. The molecule has 0 radical (unpaired) electrons. The second-order valence-electron chi connectivity index (χ2n) is 9.03. The van der Waals surface area contributed by atoms with Crippen LogP contribution in [0.2, 0.25) is 0 Å². The molecule has 5 heteroatoms. The molecule has 0 bridgehead atoms. The second kappa shape index (κ2) is 9.11. The fraction of sp³-hybridized carbons (Fsp3) is 0.370. The van der Waals surface area contributed by atoms with Crippen molar-refractivity contribution in [2.75, 3.05) is 26.2 Å². The Hall–Kier alpha value is -3.21. The van der Waals surface area contributed by atoms with Crippen LogP contribution in [0.5, 0.6) is 0 Å². The highest BCUT2D eigenvalue weighted by Gasteiger charge is 2.25. The van der Waals surface area contributed by atoms with E-state index >= 15 is 0 Å². The number of fused-ring (bicyclic) bond motifs is 1. The minimum absolute atomic E-state index is 0.0268. The summed E-state index contributed by atoms with van der Waals surface area (Å²) in [5.41, 5.74) is 3.45. The Kier molecular flexibility index (Phi) is 5.89. The Morgan fingerprint density at radius 3 is 2.22 bits per heavy atom. The number of carbonyl (C=O) groups excluding carboxylic acids is 2. The van der Waals surface area contributed by atoms with Crippen LogP contribution in [0.1, 0.15) is 52.1 Å². The molecule has 2 aromatic carbocycles. The maximum absolute atomic E-state index is 12.9. The van der Waals surface area contributed by atoms with E-state index in [1.54, 1.807) is 0 Å².